The Bertz CT molecular complexity index is 471. The molecule has 1 amide bonds. The molecule has 20 heavy (non-hydrogen) atoms. The van der Waals surface area contributed by atoms with Gasteiger partial charge in [0.25, 0.3) is 0 Å². The van der Waals surface area contributed by atoms with Gasteiger partial charge in [-0.1, -0.05) is 0 Å². The highest BCUT2D eigenvalue weighted by Gasteiger charge is 2.20. The number of benzene rings is 1. The van der Waals surface area contributed by atoms with Gasteiger partial charge in [0.2, 0.25) is 5.91 Å². The number of amides is 1. The second-order valence-corrected chi connectivity index (χ2v) is 6.98. The largest absolute Gasteiger partial charge is 0.496 e. The van der Waals surface area contributed by atoms with Crippen molar-refractivity contribution in [3.63, 3.8) is 0 Å². The Hall–Kier alpha value is -1.23. The summed E-state index contributed by atoms with van der Waals surface area (Å²) in [6.07, 6.45) is 0. The van der Waals surface area contributed by atoms with Gasteiger partial charge in [-0.15, -0.1) is 11.8 Å². The molecule has 0 saturated carbocycles. The highest BCUT2D eigenvalue weighted by Crippen LogP contribution is 2.26. The third kappa shape index (κ3) is 5.41. The number of carbonyl (C=O) groups excluding carboxylic acids is 1. The van der Waals surface area contributed by atoms with Crippen molar-refractivity contribution in [1.29, 1.82) is 0 Å². The molecule has 1 aromatic carbocycles. The van der Waals surface area contributed by atoms with E-state index in [9.17, 15) is 9.18 Å². The van der Waals surface area contributed by atoms with E-state index in [0.717, 1.165) is 5.56 Å². The van der Waals surface area contributed by atoms with Gasteiger partial charge in [0.1, 0.15) is 11.6 Å². The lowest BCUT2D eigenvalue weighted by Gasteiger charge is -2.23. The maximum atomic E-state index is 13.2. The van der Waals surface area contributed by atoms with Crippen molar-refractivity contribution in [3.05, 3.63) is 29.6 Å². The van der Waals surface area contributed by atoms with Crippen molar-refractivity contribution in [1.82, 2.24) is 5.32 Å². The first kappa shape index (κ1) is 16.8. The average Bonchev–Trinajstić information content (AvgIpc) is 2.34. The smallest absolute Gasteiger partial charge is 0.233 e. The molecular formula is C15H22FNO2S. The topological polar surface area (TPSA) is 38.3 Å². The SMILES string of the molecule is COc1ccc(F)cc1CSC(C)C(=O)NC(C)(C)C. The lowest BCUT2D eigenvalue weighted by Crippen LogP contribution is -2.44. The van der Waals surface area contributed by atoms with Gasteiger partial charge in [0.05, 0.1) is 12.4 Å². The van der Waals surface area contributed by atoms with Gasteiger partial charge < -0.3 is 10.1 Å². The van der Waals surface area contributed by atoms with Crippen LogP contribution in [0.2, 0.25) is 0 Å². The van der Waals surface area contributed by atoms with Crippen molar-refractivity contribution in [2.45, 2.75) is 44.2 Å². The van der Waals surface area contributed by atoms with Crippen LogP contribution in [0.5, 0.6) is 5.75 Å². The van der Waals surface area contributed by atoms with Crippen LogP contribution in [0.15, 0.2) is 18.2 Å². The number of halogens is 1. The second-order valence-electron chi connectivity index (χ2n) is 5.65. The fourth-order valence-electron chi connectivity index (χ4n) is 1.62. The molecule has 0 fully saturated rings. The van der Waals surface area contributed by atoms with Gasteiger partial charge in [-0.2, -0.15) is 0 Å². The lowest BCUT2D eigenvalue weighted by molar-refractivity contribution is -0.121. The van der Waals surface area contributed by atoms with Crippen LogP contribution >= 0.6 is 11.8 Å². The zero-order valence-electron chi connectivity index (χ0n) is 12.6. The summed E-state index contributed by atoms with van der Waals surface area (Å²) in [6, 6.07) is 4.41. The van der Waals surface area contributed by atoms with E-state index in [1.165, 1.54) is 23.9 Å². The minimum absolute atomic E-state index is 0.0159. The minimum atomic E-state index is -0.298. The third-order valence-electron chi connectivity index (χ3n) is 2.60. The molecule has 1 aromatic rings. The summed E-state index contributed by atoms with van der Waals surface area (Å²) >= 11 is 1.46. The van der Waals surface area contributed by atoms with Crippen LogP contribution in [0.4, 0.5) is 4.39 Å². The molecule has 1 unspecified atom stereocenters. The number of methoxy groups -OCH3 is 1. The van der Waals surface area contributed by atoms with Crippen LogP contribution in [0.25, 0.3) is 0 Å². The van der Waals surface area contributed by atoms with E-state index in [1.54, 1.807) is 13.2 Å². The quantitative estimate of drug-likeness (QED) is 0.906. The standard InChI is InChI=1S/C15H22FNO2S/c1-10(14(18)17-15(2,3)4)20-9-11-8-12(16)6-7-13(11)19-5/h6-8,10H,9H2,1-5H3,(H,17,18). The van der Waals surface area contributed by atoms with E-state index in [4.69, 9.17) is 4.74 Å². The number of hydrogen-bond acceptors (Lipinski definition) is 3. The number of rotatable bonds is 5. The van der Waals surface area contributed by atoms with Crippen molar-refractivity contribution in [2.75, 3.05) is 7.11 Å². The summed E-state index contributed by atoms with van der Waals surface area (Å²) in [5, 5.41) is 2.72. The number of nitrogens with one attached hydrogen (secondary N) is 1. The maximum absolute atomic E-state index is 13.2. The molecule has 1 rings (SSSR count). The van der Waals surface area contributed by atoms with Crippen LogP contribution in [0.1, 0.15) is 33.3 Å². The van der Waals surface area contributed by atoms with Crippen molar-refractivity contribution < 1.29 is 13.9 Å². The second kappa shape index (κ2) is 6.97. The molecule has 0 aliphatic heterocycles. The predicted octanol–water partition coefficient (Wildman–Crippen LogP) is 3.37. The predicted molar refractivity (Wildman–Crippen MR) is 81.6 cm³/mol. The number of carbonyl (C=O) groups is 1. The Balaban J connectivity index is 2.63. The monoisotopic (exact) mass is 299 g/mol. The summed E-state index contributed by atoms with van der Waals surface area (Å²) in [6.45, 7) is 7.67. The van der Waals surface area contributed by atoms with E-state index < -0.39 is 0 Å². The van der Waals surface area contributed by atoms with Crippen molar-refractivity contribution >= 4 is 17.7 Å². The molecule has 0 saturated heterocycles. The first-order chi connectivity index (χ1) is 9.23. The third-order valence-corrected chi connectivity index (χ3v) is 3.79. The van der Waals surface area contributed by atoms with Crippen LogP contribution in [-0.2, 0) is 10.5 Å². The average molecular weight is 299 g/mol. The van der Waals surface area contributed by atoms with Gasteiger partial charge in [0.15, 0.2) is 0 Å². The summed E-state index contributed by atoms with van der Waals surface area (Å²) in [5.74, 6) is 0.855. The van der Waals surface area contributed by atoms with E-state index >= 15 is 0 Å². The van der Waals surface area contributed by atoms with Crippen LogP contribution in [-0.4, -0.2) is 23.8 Å². The van der Waals surface area contributed by atoms with E-state index in [2.05, 4.69) is 5.32 Å². The Labute approximate surface area is 124 Å². The van der Waals surface area contributed by atoms with Crippen molar-refractivity contribution in [2.24, 2.45) is 0 Å². The molecule has 0 radical (unpaired) electrons. The molecule has 0 aromatic heterocycles. The van der Waals surface area contributed by atoms with Gasteiger partial charge >= 0.3 is 0 Å². The first-order valence-electron chi connectivity index (χ1n) is 6.49. The summed E-state index contributed by atoms with van der Waals surface area (Å²) in [7, 11) is 1.55. The molecule has 3 nitrogen and oxygen atoms in total. The van der Waals surface area contributed by atoms with Crippen LogP contribution in [0.3, 0.4) is 0 Å². The molecule has 5 heteroatoms. The summed E-state index contributed by atoms with van der Waals surface area (Å²) in [5.41, 5.74) is 0.510. The maximum Gasteiger partial charge on any atom is 0.233 e. The Morgan fingerprint density at radius 1 is 1.45 bits per heavy atom. The number of thioether (sulfide) groups is 1. The number of ether oxygens (including phenoxy) is 1. The molecule has 0 heterocycles. The zero-order chi connectivity index (χ0) is 15.3. The molecule has 0 aliphatic carbocycles. The van der Waals surface area contributed by atoms with Gasteiger partial charge in [0, 0.05) is 16.9 Å². The molecule has 0 bridgehead atoms. The Morgan fingerprint density at radius 2 is 2.10 bits per heavy atom. The normalized spacial score (nSPS) is 12.9. The molecule has 1 N–H and O–H groups in total. The molecule has 0 aliphatic rings. The number of hydrogen-bond donors (Lipinski definition) is 1. The molecule has 112 valence electrons. The Kier molecular flexibility index (Phi) is 5.87. The van der Waals surface area contributed by atoms with E-state index in [0.29, 0.717) is 11.5 Å². The van der Waals surface area contributed by atoms with Gasteiger partial charge in [-0.25, -0.2) is 4.39 Å². The zero-order valence-corrected chi connectivity index (χ0v) is 13.4. The Morgan fingerprint density at radius 3 is 2.65 bits per heavy atom. The van der Waals surface area contributed by atoms with Crippen LogP contribution in [0, 0.1) is 5.82 Å². The van der Waals surface area contributed by atoms with E-state index in [-0.39, 0.29) is 22.5 Å². The first-order valence-corrected chi connectivity index (χ1v) is 7.54. The molecular weight excluding hydrogens is 277 g/mol. The van der Waals surface area contributed by atoms with E-state index in [1.807, 2.05) is 27.7 Å². The van der Waals surface area contributed by atoms with Gasteiger partial charge in [-0.05, 0) is 45.9 Å². The molecule has 0 spiro atoms. The van der Waals surface area contributed by atoms with Crippen molar-refractivity contribution in [3.8, 4) is 5.75 Å². The highest BCUT2D eigenvalue weighted by molar-refractivity contribution is 7.99. The minimum Gasteiger partial charge on any atom is -0.496 e. The lowest BCUT2D eigenvalue weighted by atomic mass is 10.1. The van der Waals surface area contributed by atoms with Gasteiger partial charge in [-0.3, -0.25) is 4.79 Å². The summed E-state index contributed by atoms with van der Waals surface area (Å²) in [4.78, 5) is 12.0. The van der Waals surface area contributed by atoms with Crippen LogP contribution < -0.4 is 10.1 Å². The fraction of sp³-hybridized carbons (Fsp3) is 0.533. The highest BCUT2D eigenvalue weighted by atomic mass is 32.2. The fourth-order valence-corrected chi connectivity index (χ4v) is 2.49. The molecule has 1 atom stereocenters. The summed E-state index contributed by atoms with van der Waals surface area (Å²) < 4.78 is 18.4.